The van der Waals surface area contributed by atoms with Crippen LogP contribution >= 0.6 is 11.5 Å². The fourth-order valence-electron chi connectivity index (χ4n) is 1.75. The molecule has 0 spiro atoms. The molecule has 1 unspecified atom stereocenters. The second kappa shape index (κ2) is 6.30. The Hall–Kier alpha value is -1.93. The van der Waals surface area contributed by atoms with Gasteiger partial charge in [0.25, 0.3) is 0 Å². The zero-order chi connectivity index (χ0) is 13.7. The van der Waals surface area contributed by atoms with E-state index in [1.807, 2.05) is 24.3 Å². The molecule has 1 atom stereocenters. The van der Waals surface area contributed by atoms with Gasteiger partial charge in [0.15, 0.2) is 0 Å². The number of rotatable bonds is 5. The van der Waals surface area contributed by atoms with Gasteiger partial charge in [0.2, 0.25) is 5.13 Å². The standard InChI is InChI=1S/C14H16N4S/c1-3-4-13-17-14(19-18-13)16-10(2)12-7-5-11(9-15)6-8-12/h5-8,10H,3-4H2,1-2H3,(H,16,17,18). The van der Waals surface area contributed by atoms with Crippen molar-refractivity contribution >= 4 is 16.7 Å². The maximum absolute atomic E-state index is 8.77. The quantitative estimate of drug-likeness (QED) is 0.904. The summed E-state index contributed by atoms with van der Waals surface area (Å²) in [5, 5.41) is 13.0. The average molecular weight is 272 g/mol. The Morgan fingerprint density at radius 1 is 1.37 bits per heavy atom. The van der Waals surface area contributed by atoms with Crippen LogP contribution in [0.3, 0.4) is 0 Å². The van der Waals surface area contributed by atoms with Gasteiger partial charge in [-0.25, -0.2) is 4.98 Å². The Balaban J connectivity index is 2.02. The maximum Gasteiger partial charge on any atom is 0.203 e. The van der Waals surface area contributed by atoms with Gasteiger partial charge in [-0.05, 0) is 31.0 Å². The summed E-state index contributed by atoms with van der Waals surface area (Å²) in [7, 11) is 0. The molecular formula is C14H16N4S. The van der Waals surface area contributed by atoms with Gasteiger partial charge in [-0.15, -0.1) is 0 Å². The second-order valence-electron chi connectivity index (χ2n) is 4.37. The summed E-state index contributed by atoms with van der Waals surface area (Å²) < 4.78 is 4.31. The molecule has 1 heterocycles. The van der Waals surface area contributed by atoms with E-state index >= 15 is 0 Å². The molecule has 1 aromatic heterocycles. The minimum atomic E-state index is 0.148. The highest BCUT2D eigenvalue weighted by Crippen LogP contribution is 2.21. The van der Waals surface area contributed by atoms with Gasteiger partial charge in [-0.2, -0.15) is 9.64 Å². The lowest BCUT2D eigenvalue weighted by Crippen LogP contribution is -2.06. The number of aryl methyl sites for hydroxylation is 1. The number of nitrogens with zero attached hydrogens (tertiary/aromatic N) is 3. The molecule has 0 radical (unpaired) electrons. The summed E-state index contributed by atoms with van der Waals surface area (Å²) in [6.07, 6.45) is 1.98. The van der Waals surface area contributed by atoms with E-state index in [0.29, 0.717) is 5.56 Å². The molecule has 5 heteroatoms. The first-order valence-corrected chi connectivity index (χ1v) is 7.09. The molecule has 19 heavy (non-hydrogen) atoms. The lowest BCUT2D eigenvalue weighted by atomic mass is 10.1. The third-order valence-corrected chi connectivity index (χ3v) is 3.51. The number of aromatic nitrogens is 2. The predicted octanol–water partition coefficient (Wildman–Crippen LogP) is 3.54. The zero-order valence-electron chi connectivity index (χ0n) is 11.1. The van der Waals surface area contributed by atoms with Crippen molar-refractivity contribution in [3.05, 3.63) is 41.2 Å². The summed E-state index contributed by atoms with van der Waals surface area (Å²) in [6, 6.07) is 9.85. The molecule has 0 saturated carbocycles. The maximum atomic E-state index is 8.77. The molecular weight excluding hydrogens is 256 g/mol. The van der Waals surface area contributed by atoms with Gasteiger partial charge in [0.05, 0.1) is 17.7 Å². The summed E-state index contributed by atoms with van der Waals surface area (Å²) >= 11 is 1.40. The average Bonchev–Trinajstić information content (AvgIpc) is 2.86. The molecule has 1 N–H and O–H groups in total. The van der Waals surface area contributed by atoms with Crippen LogP contribution in [0.1, 0.15) is 43.3 Å². The molecule has 1 aromatic carbocycles. The molecule has 0 fully saturated rings. The molecule has 0 aliphatic rings. The van der Waals surface area contributed by atoms with E-state index in [2.05, 4.69) is 34.6 Å². The van der Waals surface area contributed by atoms with E-state index in [-0.39, 0.29) is 6.04 Å². The van der Waals surface area contributed by atoms with E-state index < -0.39 is 0 Å². The van der Waals surface area contributed by atoms with Crippen molar-refractivity contribution in [2.45, 2.75) is 32.7 Å². The number of benzene rings is 1. The van der Waals surface area contributed by atoms with Crippen LogP contribution in [0.15, 0.2) is 24.3 Å². The Bertz CT molecular complexity index is 568. The van der Waals surface area contributed by atoms with Crippen molar-refractivity contribution in [3.8, 4) is 6.07 Å². The molecule has 0 aliphatic carbocycles. The topological polar surface area (TPSA) is 61.6 Å². The smallest absolute Gasteiger partial charge is 0.203 e. The SMILES string of the molecule is CCCc1nsc(NC(C)c2ccc(C#N)cc2)n1. The Kier molecular flexibility index (Phi) is 4.48. The molecule has 98 valence electrons. The molecule has 2 rings (SSSR count). The van der Waals surface area contributed by atoms with Crippen LogP contribution in [0.4, 0.5) is 5.13 Å². The largest absolute Gasteiger partial charge is 0.354 e. The highest BCUT2D eigenvalue weighted by molar-refractivity contribution is 7.09. The molecule has 4 nitrogen and oxygen atoms in total. The molecule has 0 amide bonds. The molecule has 0 bridgehead atoms. The predicted molar refractivity (Wildman–Crippen MR) is 77.1 cm³/mol. The number of nitriles is 1. The summed E-state index contributed by atoms with van der Waals surface area (Å²) in [6.45, 7) is 4.19. The van der Waals surface area contributed by atoms with Crippen LogP contribution in [0, 0.1) is 11.3 Å². The first-order valence-electron chi connectivity index (χ1n) is 6.32. The van der Waals surface area contributed by atoms with Crippen molar-refractivity contribution in [2.24, 2.45) is 0 Å². The Morgan fingerprint density at radius 2 is 2.11 bits per heavy atom. The fourth-order valence-corrected chi connectivity index (χ4v) is 2.45. The summed E-state index contributed by atoms with van der Waals surface area (Å²) in [5.41, 5.74) is 1.81. The van der Waals surface area contributed by atoms with Gasteiger partial charge in [-0.1, -0.05) is 19.1 Å². The van der Waals surface area contributed by atoms with Crippen molar-refractivity contribution in [3.63, 3.8) is 0 Å². The minimum absolute atomic E-state index is 0.148. The van der Waals surface area contributed by atoms with Crippen molar-refractivity contribution in [1.82, 2.24) is 9.36 Å². The zero-order valence-corrected chi connectivity index (χ0v) is 11.9. The number of anilines is 1. The van der Waals surface area contributed by atoms with Crippen molar-refractivity contribution < 1.29 is 0 Å². The van der Waals surface area contributed by atoms with Gasteiger partial charge in [0.1, 0.15) is 5.82 Å². The van der Waals surface area contributed by atoms with Crippen LogP contribution in [-0.4, -0.2) is 9.36 Å². The fraction of sp³-hybridized carbons (Fsp3) is 0.357. The van der Waals surface area contributed by atoms with Crippen LogP contribution in [0.25, 0.3) is 0 Å². The highest BCUT2D eigenvalue weighted by atomic mass is 32.1. The number of nitrogens with one attached hydrogen (secondary N) is 1. The molecule has 0 saturated heterocycles. The van der Waals surface area contributed by atoms with E-state index in [1.54, 1.807) is 0 Å². The first kappa shape index (κ1) is 13.5. The van der Waals surface area contributed by atoms with E-state index in [1.165, 1.54) is 11.5 Å². The number of hydrogen-bond donors (Lipinski definition) is 1. The first-order chi connectivity index (χ1) is 9.22. The third kappa shape index (κ3) is 3.52. The summed E-state index contributed by atoms with van der Waals surface area (Å²) in [5.74, 6) is 0.905. The second-order valence-corrected chi connectivity index (χ2v) is 5.12. The van der Waals surface area contributed by atoms with Gasteiger partial charge in [0, 0.05) is 18.0 Å². The Morgan fingerprint density at radius 3 is 2.74 bits per heavy atom. The van der Waals surface area contributed by atoms with Crippen molar-refractivity contribution in [2.75, 3.05) is 5.32 Å². The van der Waals surface area contributed by atoms with Crippen LogP contribution in [-0.2, 0) is 6.42 Å². The van der Waals surface area contributed by atoms with E-state index in [4.69, 9.17) is 5.26 Å². The Labute approximate surface area is 117 Å². The lowest BCUT2D eigenvalue weighted by molar-refractivity contribution is 0.848. The van der Waals surface area contributed by atoms with Crippen molar-refractivity contribution in [1.29, 1.82) is 5.26 Å². The molecule has 2 aromatic rings. The molecule has 0 aliphatic heterocycles. The minimum Gasteiger partial charge on any atom is -0.354 e. The van der Waals surface area contributed by atoms with E-state index in [0.717, 1.165) is 29.4 Å². The van der Waals surface area contributed by atoms with Gasteiger partial charge >= 0.3 is 0 Å². The lowest BCUT2D eigenvalue weighted by Gasteiger charge is -2.12. The van der Waals surface area contributed by atoms with Crippen LogP contribution in [0.5, 0.6) is 0 Å². The van der Waals surface area contributed by atoms with Crippen LogP contribution < -0.4 is 5.32 Å². The van der Waals surface area contributed by atoms with Crippen LogP contribution in [0.2, 0.25) is 0 Å². The third-order valence-electron chi connectivity index (χ3n) is 2.82. The summed E-state index contributed by atoms with van der Waals surface area (Å²) in [4.78, 5) is 4.44. The van der Waals surface area contributed by atoms with Gasteiger partial charge in [-0.3, -0.25) is 0 Å². The number of hydrogen-bond acceptors (Lipinski definition) is 5. The van der Waals surface area contributed by atoms with Gasteiger partial charge < -0.3 is 5.32 Å². The normalized spacial score (nSPS) is 11.8. The monoisotopic (exact) mass is 272 g/mol. The van der Waals surface area contributed by atoms with E-state index in [9.17, 15) is 0 Å². The highest BCUT2D eigenvalue weighted by Gasteiger charge is 2.09.